The monoisotopic (exact) mass is 533 g/mol. The zero-order chi connectivity index (χ0) is 25.9. The number of fused-ring (bicyclic) bond motifs is 1. The zero-order valence-electron chi connectivity index (χ0n) is 19.4. The molecule has 2 heterocycles. The summed E-state index contributed by atoms with van der Waals surface area (Å²) in [6.07, 6.45) is 0. The van der Waals surface area contributed by atoms with Gasteiger partial charge in [-0.3, -0.25) is 19.1 Å². The van der Waals surface area contributed by atoms with Gasteiger partial charge >= 0.3 is 5.76 Å². The lowest BCUT2D eigenvalue weighted by Gasteiger charge is -2.09. The van der Waals surface area contributed by atoms with Crippen molar-refractivity contribution >= 4 is 57.5 Å². The molecule has 2 aromatic heterocycles. The highest BCUT2D eigenvalue weighted by Crippen LogP contribution is 2.30. The fourth-order valence-electron chi connectivity index (χ4n) is 3.80. The number of thioether (sulfide) groups is 1. The molecule has 37 heavy (non-hydrogen) atoms. The van der Waals surface area contributed by atoms with Crippen LogP contribution in [0.15, 0.2) is 80.9 Å². The number of anilines is 2. The lowest BCUT2D eigenvalue weighted by Crippen LogP contribution is -2.13. The largest absolute Gasteiger partial charge is 0.439 e. The van der Waals surface area contributed by atoms with E-state index in [1.165, 1.54) is 0 Å². The third kappa shape index (κ3) is 5.30. The number of H-pyrrole nitrogens is 2. The number of halogens is 1. The van der Waals surface area contributed by atoms with Crippen LogP contribution >= 0.6 is 23.4 Å². The van der Waals surface area contributed by atoms with Crippen molar-refractivity contribution in [2.45, 2.75) is 11.8 Å². The van der Waals surface area contributed by atoms with Crippen LogP contribution in [0.1, 0.15) is 27.8 Å². The summed E-state index contributed by atoms with van der Waals surface area (Å²) in [6, 6.07) is 19.2. The van der Waals surface area contributed by atoms with Crippen LogP contribution in [0.25, 0.3) is 22.3 Å². The molecule has 186 valence electrons. The Kier molecular flexibility index (Phi) is 6.85. The van der Waals surface area contributed by atoms with Crippen molar-refractivity contribution in [2.75, 3.05) is 16.4 Å². The summed E-state index contributed by atoms with van der Waals surface area (Å²) in [4.78, 5) is 44.0. The number of aromatic amines is 2. The van der Waals surface area contributed by atoms with Crippen molar-refractivity contribution in [2.24, 2.45) is 0 Å². The number of hydrogen-bond donors (Lipinski definition) is 4. The summed E-state index contributed by atoms with van der Waals surface area (Å²) in [7, 11) is 0. The molecule has 9 nitrogen and oxygen atoms in total. The predicted molar refractivity (Wildman–Crippen MR) is 145 cm³/mol. The Balaban J connectivity index is 1.39. The maximum absolute atomic E-state index is 13.1. The van der Waals surface area contributed by atoms with Crippen molar-refractivity contribution in [3.8, 4) is 11.4 Å². The molecular formula is C26H20ClN5O4S. The number of carbonyl (C=O) groups is 2. The first-order chi connectivity index (χ1) is 17.9. The van der Waals surface area contributed by atoms with E-state index in [0.717, 1.165) is 16.0 Å². The average Bonchev–Trinajstić information content (AvgIpc) is 3.53. The highest BCUT2D eigenvalue weighted by Gasteiger charge is 2.17. The second kappa shape index (κ2) is 10.4. The Morgan fingerprint density at radius 1 is 0.973 bits per heavy atom. The molecule has 5 rings (SSSR count). The zero-order valence-corrected chi connectivity index (χ0v) is 21.0. The van der Waals surface area contributed by atoms with Gasteiger partial charge in [-0.05, 0) is 60.4 Å². The summed E-state index contributed by atoms with van der Waals surface area (Å²) >= 11 is 7.80. The molecule has 0 unspecified atom stereocenters. The molecule has 0 saturated heterocycles. The molecule has 3 aromatic carbocycles. The van der Waals surface area contributed by atoms with Crippen molar-refractivity contribution in [3.63, 3.8) is 0 Å². The van der Waals surface area contributed by atoms with E-state index in [1.54, 1.807) is 60.3 Å². The van der Waals surface area contributed by atoms with Crippen molar-refractivity contribution in [1.29, 1.82) is 0 Å². The van der Waals surface area contributed by atoms with Gasteiger partial charge < -0.3 is 15.6 Å². The minimum Gasteiger partial charge on any atom is -0.349 e. The molecule has 0 aliphatic heterocycles. The van der Waals surface area contributed by atoms with Crippen molar-refractivity contribution in [1.82, 2.24) is 15.1 Å². The van der Waals surface area contributed by atoms with Gasteiger partial charge in [0.25, 0.3) is 11.8 Å². The molecule has 0 aliphatic rings. The van der Waals surface area contributed by atoms with Crippen LogP contribution in [0.5, 0.6) is 0 Å². The fourth-order valence-corrected chi connectivity index (χ4v) is 4.64. The molecular weight excluding hydrogens is 514 g/mol. The normalized spacial score (nSPS) is 11.0. The molecule has 0 bridgehead atoms. The molecule has 5 aromatic rings. The van der Waals surface area contributed by atoms with E-state index in [2.05, 4.69) is 37.2 Å². The Labute approximate surface area is 219 Å². The Bertz CT molecular complexity index is 1670. The van der Waals surface area contributed by atoms with Crippen molar-refractivity contribution in [3.05, 3.63) is 93.6 Å². The number of para-hydroxylation sites is 1. The smallest absolute Gasteiger partial charge is 0.349 e. The Morgan fingerprint density at radius 3 is 2.49 bits per heavy atom. The number of nitrogens with zero attached hydrogens (tertiary/aromatic N) is 1. The average molecular weight is 534 g/mol. The summed E-state index contributed by atoms with van der Waals surface area (Å²) in [5, 5.41) is 10.5. The number of rotatable bonds is 7. The minimum absolute atomic E-state index is 0.130. The highest BCUT2D eigenvalue weighted by atomic mass is 35.5. The van der Waals surface area contributed by atoms with Gasteiger partial charge in [-0.2, -0.15) is 0 Å². The van der Waals surface area contributed by atoms with Gasteiger partial charge in [0.1, 0.15) is 5.69 Å². The van der Waals surface area contributed by atoms with Gasteiger partial charge in [0.2, 0.25) is 0 Å². The van der Waals surface area contributed by atoms with E-state index in [4.69, 9.17) is 11.6 Å². The topological polar surface area (TPSA) is 133 Å². The Hall–Kier alpha value is -4.28. The lowest BCUT2D eigenvalue weighted by atomic mass is 10.1. The van der Waals surface area contributed by atoms with Gasteiger partial charge in [-0.25, -0.2) is 4.79 Å². The molecule has 0 saturated carbocycles. The van der Waals surface area contributed by atoms with Gasteiger partial charge in [0.05, 0.1) is 16.9 Å². The van der Waals surface area contributed by atoms with Gasteiger partial charge in [0.15, 0.2) is 5.82 Å². The van der Waals surface area contributed by atoms with Gasteiger partial charge in [-0.1, -0.05) is 35.8 Å². The summed E-state index contributed by atoms with van der Waals surface area (Å²) < 4.78 is 4.58. The quantitative estimate of drug-likeness (QED) is 0.196. The van der Waals surface area contributed by atoms with E-state index in [-0.39, 0.29) is 17.4 Å². The first-order valence-corrected chi connectivity index (χ1v) is 12.6. The molecule has 0 spiro atoms. The SMILES string of the molecule is CCSc1ccc(C(=O)Nc2cccc3cc(C(=O)Nc4ccc(Cl)cc4-c4noc(=O)[nH]4)[nH]c23)cc1. The van der Waals surface area contributed by atoms with E-state index >= 15 is 0 Å². The van der Waals surface area contributed by atoms with Crippen LogP contribution in [0, 0.1) is 0 Å². The second-order valence-electron chi connectivity index (χ2n) is 7.95. The minimum atomic E-state index is -0.728. The van der Waals surface area contributed by atoms with E-state index < -0.39 is 11.7 Å². The lowest BCUT2D eigenvalue weighted by molar-refractivity contribution is 0.101. The maximum atomic E-state index is 13.1. The number of carbonyl (C=O) groups excluding carboxylic acids is 2. The molecule has 2 amide bonds. The van der Waals surface area contributed by atoms with Crippen LogP contribution in [0.4, 0.5) is 11.4 Å². The van der Waals surface area contributed by atoms with Crippen LogP contribution in [-0.4, -0.2) is 32.7 Å². The standard InChI is InChI=1S/C26H20ClN5O4S/c1-2-37-17-9-6-14(7-10-17)24(33)30-20-5-3-4-15-12-21(28-22(15)20)25(34)29-19-11-8-16(27)13-18(19)23-31-26(35)36-32-23/h3-13,28H,2H2,1H3,(H,29,34)(H,30,33)(H,31,32,35). The van der Waals surface area contributed by atoms with E-state index in [9.17, 15) is 14.4 Å². The van der Waals surface area contributed by atoms with Crippen LogP contribution in [0.3, 0.4) is 0 Å². The molecule has 0 fully saturated rings. The summed E-state index contributed by atoms with van der Waals surface area (Å²) in [5.41, 5.74) is 2.71. The number of amides is 2. The Morgan fingerprint density at radius 2 is 1.76 bits per heavy atom. The maximum Gasteiger partial charge on any atom is 0.439 e. The molecule has 0 aliphatic carbocycles. The predicted octanol–water partition coefficient (Wildman–Crippen LogP) is 5.78. The number of aromatic nitrogens is 3. The fraction of sp³-hybridized carbons (Fsp3) is 0.0769. The van der Waals surface area contributed by atoms with Gasteiger partial charge in [0, 0.05) is 26.4 Å². The molecule has 0 atom stereocenters. The number of benzene rings is 3. The van der Waals surface area contributed by atoms with Gasteiger partial charge in [-0.15, -0.1) is 11.8 Å². The molecule has 4 N–H and O–H groups in total. The first kappa shape index (κ1) is 24.4. The van der Waals surface area contributed by atoms with E-state index in [1.807, 2.05) is 18.2 Å². The highest BCUT2D eigenvalue weighted by molar-refractivity contribution is 7.99. The summed E-state index contributed by atoms with van der Waals surface area (Å²) in [6.45, 7) is 2.07. The molecule has 0 radical (unpaired) electrons. The van der Waals surface area contributed by atoms with E-state index in [0.29, 0.717) is 33.0 Å². The van der Waals surface area contributed by atoms with Crippen molar-refractivity contribution < 1.29 is 14.1 Å². The van der Waals surface area contributed by atoms with Crippen LogP contribution in [0.2, 0.25) is 5.02 Å². The second-order valence-corrected chi connectivity index (χ2v) is 9.73. The third-order valence-corrected chi connectivity index (χ3v) is 6.63. The number of nitrogens with one attached hydrogen (secondary N) is 4. The first-order valence-electron chi connectivity index (χ1n) is 11.2. The van der Waals surface area contributed by atoms with Crippen LogP contribution < -0.4 is 16.4 Å². The third-order valence-electron chi connectivity index (χ3n) is 5.50. The van der Waals surface area contributed by atoms with Crippen LogP contribution in [-0.2, 0) is 0 Å². The number of hydrogen-bond acceptors (Lipinski definition) is 6. The molecule has 11 heteroatoms. The summed E-state index contributed by atoms with van der Waals surface area (Å²) in [5.74, 6) is -0.338.